The minimum atomic E-state index is -0.137. The van der Waals surface area contributed by atoms with Gasteiger partial charge in [-0.3, -0.25) is 4.79 Å². The summed E-state index contributed by atoms with van der Waals surface area (Å²) in [6, 6.07) is 7.11. The molecular formula is C19H19ClN4O2S. The van der Waals surface area contributed by atoms with Crippen molar-refractivity contribution in [2.45, 2.75) is 33.4 Å². The standard InChI is InChI=1S/C19H19ClN4O2S/c1-12(2)24(18(25)9-8-16-11-27-13(3)21-16)10-17-22-23-19(26-17)14-4-6-15(20)7-5-14/h4-9,11-12H,10H2,1-3H3/b9-8+. The van der Waals surface area contributed by atoms with Crippen molar-refractivity contribution in [3.63, 3.8) is 0 Å². The van der Waals surface area contributed by atoms with Crippen LogP contribution in [0.4, 0.5) is 0 Å². The van der Waals surface area contributed by atoms with E-state index in [1.807, 2.05) is 38.3 Å². The first-order chi connectivity index (χ1) is 12.9. The van der Waals surface area contributed by atoms with Crippen molar-refractivity contribution < 1.29 is 9.21 Å². The first-order valence-electron chi connectivity index (χ1n) is 8.41. The Balaban J connectivity index is 1.71. The highest BCUT2D eigenvalue weighted by Crippen LogP contribution is 2.21. The molecule has 2 heterocycles. The van der Waals surface area contributed by atoms with Crippen molar-refractivity contribution in [3.05, 3.63) is 57.3 Å². The van der Waals surface area contributed by atoms with Gasteiger partial charge >= 0.3 is 0 Å². The molecule has 27 heavy (non-hydrogen) atoms. The van der Waals surface area contributed by atoms with Gasteiger partial charge in [0.15, 0.2) is 0 Å². The zero-order valence-corrected chi connectivity index (χ0v) is 16.8. The molecular weight excluding hydrogens is 384 g/mol. The Bertz CT molecular complexity index is 947. The number of aryl methyl sites for hydroxylation is 1. The van der Waals surface area contributed by atoms with E-state index in [-0.39, 0.29) is 18.5 Å². The van der Waals surface area contributed by atoms with Crippen molar-refractivity contribution in [1.29, 1.82) is 0 Å². The summed E-state index contributed by atoms with van der Waals surface area (Å²) in [5, 5.41) is 11.6. The normalized spacial score (nSPS) is 11.4. The number of carbonyl (C=O) groups is 1. The number of nitrogens with zero attached hydrogens (tertiary/aromatic N) is 4. The maximum atomic E-state index is 12.6. The van der Waals surface area contributed by atoms with Crippen molar-refractivity contribution in [2.24, 2.45) is 0 Å². The minimum absolute atomic E-state index is 0.0230. The lowest BCUT2D eigenvalue weighted by Gasteiger charge is -2.23. The molecule has 2 aromatic heterocycles. The third-order valence-electron chi connectivity index (χ3n) is 3.80. The van der Waals surface area contributed by atoms with Gasteiger partial charge in [-0.15, -0.1) is 21.5 Å². The number of aromatic nitrogens is 3. The van der Waals surface area contributed by atoms with Gasteiger partial charge in [0.25, 0.3) is 0 Å². The van der Waals surface area contributed by atoms with Crippen LogP contribution in [0.2, 0.25) is 5.02 Å². The average Bonchev–Trinajstić information content (AvgIpc) is 3.27. The fourth-order valence-corrected chi connectivity index (χ4v) is 3.10. The molecule has 1 aromatic carbocycles. The van der Waals surface area contributed by atoms with E-state index >= 15 is 0 Å². The number of halogens is 1. The second-order valence-corrected chi connectivity index (χ2v) is 7.69. The highest BCUT2D eigenvalue weighted by Gasteiger charge is 2.19. The van der Waals surface area contributed by atoms with E-state index in [1.165, 1.54) is 6.08 Å². The van der Waals surface area contributed by atoms with E-state index in [0.717, 1.165) is 16.3 Å². The first kappa shape index (κ1) is 19.3. The molecule has 0 radical (unpaired) electrons. The van der Waals surface area contributed by atoms with E-state index in [2.05, 4.69) is 15.2 Å². The summed E-state index contributed by atoms with van der Waals surface area (Å²) in [6.45, 7) is 6.04. The number of rotatable bonds is 6. The van der Waals surface area contributed by atoms with Gasteiger partial charge in [0.05, 0.1) is 17.2 Å². The summed E-state index contributed by atoms with van der Waals surface area (Å²) < 4.78 is 5.71. The third kappa shape index (κ3) is 5.02. The molecule has 0 saturated heterocycles. The van der Waals surface area contributed by atoms with Gasteiger partial charge in [-0.05, 0) is 51.1 Å². The molecule has 0 fully saturated rings. The summed E-state index contributed by atoms with van der Waals surface area (Å²) >= 11 is 7.44. The Morgan fingerprint density at radius 2 is 2.04 bits per heavy atom. The second-order valence-electron chi connectivity index (χ2n) is 6.19. The molecule has 0 aliphatic heterocycles. The highest BCUT2D eigenvalue weighted by atomic mass is 35.5. The van der Waals surface area contributed by atoms with E-state index < -0.39 is 0 Å². The molecule has 3 aromatic rings. The van der Waals surface area contributed by atoms with Crippen LogP contribution in [-0.2, 0) is 11.3 Å². The third-order valence-corrected chi connectivity index (χ3v) is 4.85. The van der Waals surface area contributed by atoms with Crippen molar-refractivity contribution in [3.8, 4) is 11.5 Å². The predicted molar refractivity (Wildman–Crippen MR) is 106 cm³/mol. The zero-order valence-electron chi connectivity index (χ0n) is 15.2. The molecule has 0 unspecified atom stereocenters. The second kappa shape index (κ2) is 8.45. The van der Waals surface area contributed by atoms with Gasteiger partial charge in [-0.25, -0.2) is 4.98 Å². The molecule has 0 aliphatic carbocycles. The van der Waals surface area contributed by atoms with Crippen molar-refractivity contribution in [2.75, 3.05) is 0 Å². The molecule has 0 bridgehead atoms. The Labute approximate surface area is 166 Å². The number of carbonyl (C=O) groups excluding carboxylic acids is 1. The first-order valence-corrected chi connectivity index (χ1v) is 9.67. The molecule has 0 spiro atoms. The predicted octanol–water partition coefficient (Wildman–Crippen LogP) is 4.61. The van der Waals surface area contributed by atoms with Crippen LogP contribution in [-0.4, -0.2) is 32.0 Å². The smallest absolute Gasteiger partial charge is 0.247 e. The zero-order chi connectivity index (χ0) is 19.4. The molecule has 6 nitrogen and oxygen atoms in total. The van der Waals surface area contributed by atoms with Gasteiger partial charge < -0.3 is 9.32 Å². The Kier molecular flexibility index (Phi) is 6.03. The maximum absolute atomic E-state index is 12.6. The summed E-state index contributed by atoms with van der Waals surface area (Å²) in [4.78, 5) is 18.6. The van der Waals surface area contributed by atoms with Crippen LogP contribution in [0, 0.1) is 6.92 Å². The molecule has 140 valence electrons. The number of benzene rings is 1. The topological polar surface area (TPSA) is 72.1 Å². The van der Waals surface area contributed by atoms with Crippen LogP contribution < -0.4 is 0 Å². The largest absolute Gasteiger partial charge is 0.419 e. The van der Waals surface area contributed by atoms with E-state index in [4.69, 9.17) is 16.0 Å². The monoisotopic (exact) mass is 402 g/mol. The summed E-state index contributed by atoms with van der Waals surface area (Å²) in [7, 11) is 0. The molecule has 0 saturated carbocycles. The lowest BCUT2D eigenvalue weighted by molar-refractivity contribution is -0.128. The Hall–Kier alpha value is -2.51. The molecule has 0 atom stereocenters. The number of amides is 1. The molecule has 0 aliphatic rings. The molecule has 0 N–H and O–H groups in total. The van der Waals surface area contributed by atoms with E-state index in [0.29, 0.717) is 16.8 Å². The van der Waals surface area contributed by atoms with Gasteiger partial charge in [-0.2, -0.15) is 0 Å². The van der Waals surface area contributed by atoms with Crippen molar-refractivity contribution in [1.82, 2.24) is 20.1 Å². The van der Waals surface area contributed by atoms with E-state index in [9.17, 15) is 4.79 Å². The molecule has 8 heteroatoms. The van der Waals surface area contributed by atoms with Gasteiger partial charge in [0, 0.05) is 28.1 Å². The number of hydrogen-bond donors (Lipinski definition) is 0. The van der Waals surface area contributed by atoms with Crippen LogP contribution in [0.3, 0.4) is 0 Å². The van der Waals surface area contributed by atoms with E-state index in [1.54, 1.807) is 34.4 Å². The lowest BCUT2D eigenvalue weighted by atomic mass is 10.2. The van der Waals surface area contributed by atoms with Crippen molar-refractivity contribution >= 4 is 34.9 Å². The van der Waals surface area contributed by atoms with Crippen LogP contribution in [0.25, 0.3) is 17.5 Å². The number of hydrogen-bond acceptors (Lipinski definition) is 6. The van der Waals surface area contributed by atoms with Crippen LogP contribution in [0.15, 0.2) is 40.1 Å². The van der Waals surface area contributed by atoms with Crippen LogP contribution in [0.5, 0.6) is 0 Å². The van der Waals surface area contributed by atoms with Crippen LogP contribution in [0.1, 0.15) is 30.4 Å². The van der Waals surface area contributed by atoms with Gasteiger partial charge in [-0.1, -0.05) is 11.6 Å². The summed E-state index contributed by atoms with van der Waals surface area (Å²) in [5.41, 5.74) is 1.55. The highest BCUT2D eigenvalue weighted by molar-refractivity contribution is 7.09. The summed E-state index contributed by atoms with van der Waals surface area (Å²) in [5.74, 6) is 0.633. The molecule has 1 amide bonds. The number of thiazole rings is 1. The average molecular weight is 403 g/mol. The summed E-state index contributed by atoms with van der Waals surface area (Å²) in [6.07, 6.45) is 3.24. The minimum Gasteiger partial charge on any atom is -0.419 e. The fraction of sp³-hybridized carbons (Fsp3) is 0.263. The lowest BCUT2D eigenvalue weighted by Crippen LogP contribution is -2.35. The quantitative estimate of drug-likeness (QED) is 0.563. The maximum Gasteiger partial charge on any atom is 0.247 e. The van der Waals surface area contributed by atoms with Gasteiger partial charge in [0.1, 0.15) is 0 Å². The van der Waals surface area contributed by atoms with Crippen LogP contribution >= 0.6 is 22.9 Å². The molecule has 3 rings (SSSR count). The fourth-order valence-electron chi connectivity index (χ4n) is 2.40. The SMILES string of the molecule is Cc1nc(/C=C/C(=O)N(Cc2nnc(-c3ccc(Cl)cc3)o2)C(C)C)cs1. The Morgan fingerprint density at radius 3 is 2.67 bits per heavy atom. The Morgan fingerprint density at radius 1 is 1.30 bits per heavy atom. The van der Waals surface area contributed by atoms with Gasteiger partial charge in [0.2, 0.25) is 17.7 Å².